The van der Waals surface area contributed by atoms with Crippen molar-refractivity contribution >= 4 is 5.97 Å². The molecule has 1 saturated carbocycles. The monoisotopic (exact) mass is 326 g/mol. The Bertz CT molecular complexity index is 712. The Kier molecular flexibility index (Phi) is 4.10. The number of fused-ring (bicyclic) bond motifs is 1. The molecule has 0 radical (unpaired) electrons. The highest BCUT2D eigenvalue weighted by Gasteiger charge is 2.45. The van der Waals surface area contributed by atoms with Gasteiger partial charge in [0.2, 0.25) is 5.89 Å². The summed E-state index contributed by atoms with van der Waals surface area (Å²) in [5, 5.41) is 9.61. The second-order valence-corrected chi connectivity index (χ2v) is 6.88. The zero-order valence-corrected chi connectivity index (χ0v) is 13.6. The maximum absolute atomic E-state index is 11.7. The van der Waals surface area contributed by atoms with Crippen LogP contribution in [0.2, 0.25) is 0 Å². The van der Waals surface area contributed by atoms with Crippen LogP contribution >= 0.6 is 0 Å². The molecule has 0 amide bonds. The highest BCUT2D eigenvalue weighted by atomic mass is 16.4. The van der Waals surface area contributed by atoms with Gasteiger partial charge in [0.05, 0.1) is 5.69 Å². The summed E-state index contributed by atoms with van der Waals surface area (Å²) in [6.07, 6.45) is 7.10. The molecule has 1 aromatic heterocycles. The molecule has 4 rings (SSSR count). The minimum Gasteiger partial charge on any atom is -0.480 e. The molecule has 2 heterocycles. The Hall–Kier alpha value is -2.14. The van der Waals surface area contributed by atoms with Crippen molar-refractivity contribution < 1.29 is 14.3 Å². The van der Waals surface area contributed by atoms with Crippen LogP contribution in [0.3, 0.4) is 0 Å². The molecule has 1 saturated heterocycles. The number of nitrogens with zero attached hydrogens (tertiary/aromatic N) is 2. The third-order valence-electron chi connectivity index (χ3n) is 5.42. The number of benzene rings is 1. The first-order chi connectivity index (χ1) is 11.7. The van der Waals surface area contributed by atoms with Crippen LogP contribution in [0.25, 0.3) is 11.5 Å². The predicted molar refractivity (Wildman–Crippen MR) is 89.3 cm³/mol. The summed E-state index contributed by atoms with van der Waals surface area (Å²) < 4.78 is 5.61. The van der Waals surface area contributed by atoms with Gasteiger partial charge in [-0.3, -0.25) is 9.69 Å². The fourth-order valence-corrected chi connectivity index (χ4v) is 4.30. The SMILES string of the molecule is O=C(O)C1CC2CCCCC2N1Cc1coc(-c2ccccc2)n1. The third-order valence-corrected chi connectivity index (χ3v) is 5.42. The van der Waals surface area contributed by atoms with Gasteiger partial charge in [0.25, 0.3) is 0 Å². The summed E-state index contributed by atoms with van der Waals surface area (Å²) in [5.41, 5.74) is 1.75. The summed E-state index contributed by atoms with van der Waals surface area (Å²) in [5.74, 6) is 0.397. The molecule has 1 N–H and O–H groups in total. The van der Waals surface area contributed by atoms with Crippen molar-refractivity contribution in [3.05, 3.63) is 42.3 Å². The van der Waals surface area contributed by atoms with Gasteiger partial charge in [-0.15, -0.1) is 0 Å². The normalized spacial score (nSPS) is 27.1. The highest BCUT2D eigenvalue weighted by Crippen LogP contribution is 2.40. The Labute approximate surface area is 141 Å². The van der Waals surface area contributed by atoms with Crippen LogP contribution in [-0.4, -0.2) is 33.0 Å². The molecule has 5 heteroatoms. The van der Waals surface area contributed by atoms with E-state index < -0.39 is 12.0 Å². The second-order valence-electron chi connectivity index (χ2n) is 6.88. The Balaban J connectivity index is 1.55. The standard InChI is InChI=1S/C19H22N2O3/c22-19(23)17-10-14-8-4-5-9-16(14)21(17)11-15-12-24-18(20-15)13-6-2-1-3-7-13/h1-3,6-7,12,14,16-17H,4-5,8-11H2,(H,22,23). The van der Waals surface area contributed by atoms with Crippen LogP contribution in [0.15, 0.2) is 41.0 Å². The molecule has 3 unspecified atom stereocenters. The molecule has 24 heavy (non-hydrogen) atoms. The molecule has 1 aromatic carbocycles. The van der Waals surface area contributed by atoms with Crippen LogP contribution < -0.4 is 0 Å². The lowest BCUT2D eigenvalue weighted by molar-refractivity contribution is -0.142. The van der Waals surface area contributed by atoms with Gasteiger partial charge in [-0.05, 0) is 37.3 Å². The van der Waals surface area contributed by atoms with Crippen LogP contribution in [-0.2, 0) is 11.3 Å². The lowest BCUT2D eigenvalue weighted by atomic mass is 9.85. The highest BCUT2D eigenvalue weighted by molar-refractivity contribution is 5.74. The van der Waals surface area contributed by atoms with Crippen molar-refractivity contribution in [3.63, 3.8) is 0 Å². The van der Waals surface area contributed by atoms with Gasteiger partial charge in [0.15, 0.2) is 0 Å². The van der Waals surface area contributed by atoms with Crippen LogP contribution in [0.1, 0.15) is 37.8 Å². The smallest absolute Gasteiger partial charge is 0.320 e. The number of likely N-dealkylation sites (tertiary alicyclic amines) is 1. The van der Waals surface area contributed by atoms with E-state index in [9.17, 15) is 9.90 Å². The second kappa shape index (κ2) is 6.40. The molecule has 3 atom stereocenters. The summed E-state index contributed by atoms with van der Waals surface area (Å²) in [6.45, 7) is 0.550. The van der Waals surface area contributed by atoms with Crippen molar-refractivity contribution in [2.24, 2.45) is 5.92 Å². The number of oxazole rings is 1. The van der Waals surface area contributed by atoms with Gasteiger partial charge >= 0.3 is 5.97 Å². The number of carboxylic acids is 1. The van der Waals surface area contributed by atoms with Gasteiger partial charge in [-0.2, -0.15) is 0 Å². The number of aliphatic carboxylic acids is 1. The molecule has 2 aromatic rings. The van der Waals surface area contributed by atoms with Crippen molar-refractivity contribution in [1.82, 2.24) is 9.88 Å². The van der Waals surface area contributed by atoms with Crippen molar-refractivity contribution in [2.75, 3.05) is 0 Å². The fraction of sp³-hybridized carbons (Fsp3) is 0.474. The number of carbonyl (C=O) groups is 1. The maximum atomic E-state index is 11.7. The van der Waals surface area contributed by atoms with Crippen LogP contribution in [0.5, 0.6) is 0 Å². The Morgan fingerprint density at radius 2 is 2.04 bits per heavy atom. The first-order valence-electron chi connectivity index (χ1n) is 8.71. The molecule has 1 aliphatic heterocycles. The molecule has 2 fully saturated rings. The van der Waals surface area contributed by atoms with Gasteiger partial charge in [0, 0.05) is 18.2 Å². The van der Waals surface area contributed by atoms with Crippen molar-refractivity contribution in [2.45, 2.75) is 50.7 Å². The quantitative estimate of drug-likeness (QED) is 0.930. The molecular weight excluding hydrogens is 304 g/mol. The first kappa shape index (κ1) is 15.4. The summed E-state index contributed by atoms with van der Waals surface area (Å²) in [4.78, 5) is 18.4. The number of aromatic nitrogens is 1. The lowest BCUT2D eigenvalue weighted by Gasteiger charge is -2.32. The van der Waals surface area contributed by atoms with Gasteiger partial charge < -0.3 is 9.52 Å². The van der Waals surface area contributed by atoms with E-state index in [0.29, 0.717) is 24.4 Å². The summed E-state index contributed by atoms with van der Waals surface area (Å²) >= 11 is 0. The van der Waals surface area contributed by atoms with E-state index in [1.807, 2.05) is 30.3 Å². The average Bonchev–Trinajstić information content (AvgIpc) is 3.21. The van der Waals surface area contributed by atoms with E-state index in [0.717, 1.165) is 30.5 Å². The van der Waals surface area contributed by atoms with Crippen molar-refractivity contribution in [1.29, 1.82) is 0 Å². The van der Waals surface area contributed by atoms with Crippen molar-refractivity contribution in [3.8, 4) is 11.5 Å². The summed E-state index contributed by atoms with van der Waals surface area (Å²) in [6, 6.07) is 9.76. The number of rotatable bonds is 4. The van der Waals surface area contributed by atoms with E-state index >= 15 is 0 Å². The average molecular weight is 326 g/mol. The van der Waals surface area contributed by atoms with E-state index in [4.69, 9.17) is 4.42 Å². The maximum Gasteiger partial charge on any atom is 0.320 e. The zero-order valence-electron chi connectivity index (χ0n) is 13.6. The topological polar surface area (TPSA) is 66.6 Å². The molecule has 126 valence electrons. The van der Waals surface area contributed by atoms with E-state index in [2.05, 4.69) is 9.88 Å². The van der Waals surface area contributed by atoms with E-state index in [1.165, 1.54) is 12.8 Å². The lowest BCUT2D eigenvalue weighted by Crippen LogP contribution is -2.41. The number of hydrogen-bond acceptors (Lipinski definition) is 4. The molecule has 2 aliphatic rings. The van der Waals surface area contributed by atoms with E-state index in [-0.39, 0.29) is 0 Å². The summed E-state index contributed by atoms with van der Waals surface area (Å²) in [7, 11) is 0. The third kappa shape index (κ3) is 2.84. The number of hydrogen-bond donors (Lipinski definition) is 1. The minimum absolute atomic E-state index is 0.372. The number of carboxylic acid groups (broad SMARTS) is 1. The van der Waals surface area contributed by atoms with Gasteiger partial charge in [-0.1, -0.05) is 31.0 Å². The molecule has 5 nitrogen and oxygen atoms in total. The van der Waals surface area contributed by atoms with E-state index in [1.54, 1.807) is 6.26 Å². The van der Waals surface area contributed by atoms with Crippen LogP contribution in [0, 0.1) is 5.92 Å². The largest absolute Gasteiger partial charge is 0.480 e. The van der Waals surface area contributed by atoms with Crippen LogP contribution in [0.4, 0.5) is 0 Å². The zero-order chi connectivity index (χ0) is 16.5. The Morgan fingerprint density at radius 3 is 2.83 bits per heavy atom. The Morgan fingerprint density at radius 1 is 1.25 bits per heavy atom. The molecule has 0 bridgehead atoms. The molecular formula is C19H22N2O3. The van der Waals surface area contributed by atoms with Gasteiger partial charge in [0.1, 0.15) is 12.3 Å². The molecule has 1 aliphatic carbocycles. The minimum atomic E-state index is -0.712. The fourth-order valence-electron chi connectivity index (χ4n) is 4.30. The van der Waals surface area contributed by atoms with Gasteiger partial charge in [-0.25, -0.2) is 4.98 Å². The predicted octanol–water partition coefficient (Wildman–Crippen LogP) is 3.56. The molecule has 0 spiro atoms. The first-order valence-corrected chi connectivity index (χ1v) is 8.71.